The maximum atomic E-state index is 13.0. The Hall–Kier alpha value is -3.25. The summed E-state index contributed by atoms with van der Waals surface area (Å²) in [6.45, 7) is 0. The van der Waals surface area contributed by atoms with Crippen LogP contribution in [0, 0.1) is 23.2 Å². The van der Waals surface area contributed by atoms with Crippen LogP contribution in [-0.2, 0) is 4.79 Å². The van der Waals surface area contributed by atoms with Crippen molar-refractivity contribution in [3.05, 3.63) is 60.7 Å². The predicted molar refractivity (Wildman–Crippen MR) is 147 cm³/mol. The Kier molecular flexibility index (Phi) is 5.14. The van der Waals surface area contributed by atoms with Gasteiger partial charge in [0.1, 0.15) is 5.52 Å². The van der Waals surface area contributed by atoms with E-state index in [1.54, 1.807) is 0 Å². The van der Waals surface area contributed by atoms with E-state index in [-0.39, 0.29) is 11.3 Å². The van der Waals surface area contributed by atoms with Crippen molar-refractivity contribution in [3.8, 4) is 11.5 Å². The Balaban J connectivity index is 1.05. The van der Waals surface area contributed by atoms with Crippen molar-refractivity contribution in [2.45, 2.75) is 44.9 Å². The molecule has 4 fully saturated rings. The van der Waals surface area contributed by atoms with Crippen molar-refractivity contribution < 1.29 is 9.21 Å². The summed E-state index contributed by atoms with van der Waals surface area (Å²) in [6.07, 6.45) is 8.39. The maximum Gasteiger partial charge on any atom is 0.227 e. The zero-order valence-electron chi connectivity index (χ0n) is 20.1. The second-order valence-corrected chi connectivity index (χ2v) is 11.7. The minimum atomic E-state index is 0.0384. The number of hydrogen-bond donors (Lipinski definition) is 2. The summed E-state index contributed by atoms with van der Waals surface area (Å²) in [5.74, 6) is 3.10. The van der Waals surface area contributed by atoms with E-state index in [1.807, 2.05) is 42.5 Å². The lowest BCUT2D eigenvalue weighted by Gasteiger charge is -2.56. The zero-order chi connectivity index (χ0) is 24.3. The van der Waals surface area contributed by atoms with Gasteiger partial charge in [-0.25, -0.2) is 4.98 Å². The number of hydrogen-bond acceptors (Lipinski definition) is 4. The van der Waals surface area contributed by atoms with Crippen molar-refractivity contribution in [2.24, 2.45) is 23.2 Å². The molecule has 4 aromatic rings. The molecule has 36 heavy (non-hydrogen) atoms. The van der Waals surface area contributed by atoms with Gasteiger partial charge in [0.05, 0.1) is 0 Å². The molecule has 4 aliphatic rings. The molecule has 2 N–H and O–H groups in total. The van der Waals surface area contributed by atoms with Crippen LogP contribution in [0.15, 0.2) is 65.1 Å². The average molecular weight is 496 g/mol. The summed E-state index contributed by atoms with van der Waals surface area (Å²) in [5.41, 5.74) is 3.46. The first kappa shape index (κ1) is 22.0. The molecule has 182 valence electrons. The van der Waals surface area contributed by atoms with Crippen LogP contribution in [0.2, 0.25) is 0 Å². The molecule has 4 aliphatic carbocycles. The molecule has 3 aromatic carbocycles. The molecule has 5 nitrogen and oxygen atoms in total. The zero-order valence-corrected chi connectivity index (χ0v) is 20.9. The summed E-state index contributed by atoms with van der Waals surface area (Å²) in [7, 11) is 0. The van der Waals surface area contributed by atoms with E-state index in [9.17, 15) is 4.79 Å². The predicted octanol–water partition coefficient (Wildman–Crippen LogP) is 7.07. The Bertz CT molecular complexity index is 1470. The van der Waals surface area contributed by atoms with Crippen LogP contribution < -0.4 is 10.6 Å². The van der Waals surface area contributed by atoms with E-state index < -0.39 is 0 Å². The number of thiocarbonyl (C=S) groups is 1. The van der Waals surface area contributed by atoms with Crippen molar-refractivity contribution in [3.63, 3.8) is 0 Å². The van der Waals surface area contributed by atoms with Crippen molar-refractivity contribution in [1.82, 2.24) is 10.3 Å². The Morgan fingerprint density at radius 2 is 1.72 bits per heavy atom. The molecule has 0 saturated heterocycles. The first-order valence-corrected chi connectivity index (χ1v) is 13.4. The first-order chi connectivity index (χ1) is 17.5. The van der Waals surface area contributed by atoms with Gasteiger partial charge in [0.2, 0.25) is 11.8 Å². The molecule has 0 radical (unpaired) electrons. The number of rotatable bonds is 4. The lowest BCUT2D eigenvalue weighted by Crippen LogP contribution is -2.48. The molecular weight excluding hydrogens is 466 g/mol. The van der Waals surface area contributed by atoms with E-state index in [0.29, 0.717) is 17.4 Å². The quantitative estimate of drug-likeness (QED) is 0.297. The molecule has 1 heterocycles. The number of benzene rings is 3. The highest BCUT2D eigenvalue weighted by Crippen LogP contribution is 2.61. The fraction of sp³-hybridized carbons (Fsp3) is 0.367. The third kappa shape index (κ3) is 3.97. The lowest BCUT2D eigenvalue weighted by atomic mass is 9.49. The average Bonchev–Trinajstić information content (AvgIpc) is 3.28. The number of anilines is 1. The Morgan fingerprint density at radius 3 is 2.50 bits per heavy atom. The number of aromatic nitrogens is 1. The number of oxazole rings is 1. The first-order valence-electron chi connectivity index (χ1n) is 13.0. The molecular formula is C30H29N3O2S. The van der Waals surface area contributed by atoms with Crippen LogP contribution in [0.1, 0.15) is 44.9 Å². The Morgan fingerprint density at radius 1 is 0.972 bits per heavy atom. The van der Waals surface area contributed by atoms with Crippen LogP contribution >= 0.6 is 12.2 Å². The van der Waals surface area contributed by atoms with Gasteiger partial charge in [0.15, 0.2) is 10.7 Å². The number of nitrogens with one attached hydrogen (secondary N) is 2. The monoisotopic (exact) mass is 495 g/mol. The van der Waals surface area contributed by atoms with Crippen molar-refractivity contribution in [2.75, 3.05) is 5.32 Å². The van der Waals surface area contributed by atoms with E-state index in [1.165, 1.54) is 38.5 Å². The fourth-order valence-corrected chi connectivity index (χ4v) is 7.93. The largest absolute Gasteiger partial charge is 0.436 e. The van der Waals surface area contributed by atoms with Gasteiger partial charge in [-0.05, 0) is 104 Å². The van der Waals surface area contributed by atoms with E-state index in [2.05, 4.69) is 28.8 Å². The highest BCUT2D eigenvalue weighted by Gasteiger charge is 2.51. The molecule has 1 amide bonds. The molecule has 6 heteroatoms. The maximum absolute atomic E-state index is 13.0. The van der Waals surface area contributed by atoms with Crippen LogP contribution in [0.4, 0.5) is 5.69 Å². The van der Waals surface area contributed by atoms with E-state index in [0.717, 1.165) is 50.9 Å². The van der Waals surface area contributed by atoms with Crippen LogP contribution in [0.3, 0.4) is 0 Å². The highest BCUT2D eigenvalue weighted by molar-refractivity contribution is 7.80. The summed E-state index contributed by atoms with van der Waals surface area (Å²) >= 11 is 5.50. The van der Waals surface area contributed by atoms with Gasteiger partial charge in [0, 0.05) is 23.1 Å². The normalized spacial score (nSPS) is 26.4. The number of nitrogens with zero attached hydrogens (tertiary/aromatic N) is 1. The van der Waals surface area contributed by atoms with Crippen LogP contribution in [0.5, 0.6) is 0 Å². The van der Waals surface area contributed by atoms with Gasteiger partial charge >= 0.3 is 0 Å². The Labute approximate surface area is 215 Å². The number of carbonyl (C=O) groups is 1. The molecule has 4 bridgehead atoms. The molecule has 1 aromatic heterocycles. The SMILES string of the molecule is O=C(CC12CC3CC(CC(C3)C1)C2)NC(=S)Nc1cccc(-c2nc3c(ccc4ccccc43)o2)c1. The molecule has 8 rings (SSSR count). The number of fused-ring (bicyclic) bond motifs is 3. The third-order valence-corrected chi connectivity index (χ3v) is 8.81. The molecule has 0 unspecified atom stereocenters. The minimum Gasteiger partial charge on any atom is -0.436 e. The highest BCUT2D eigenvalue weighted by atomic mass is 32.1. The van der Waals surface area contributed by atoms with Gasteiger partial charge in [-0.2, -0.15) is 0 Å². The van der Waals surface area contributed by atoms with Crippen molar-refractivity contribution in [1.29, 1.82) is 0 Å². The number of carbonyl (C=O) groups excluding carboxylic acids is 1. The fourth-order valence-electron chi connectivity index (χ4n) is 7.70. The summed E-state index contributed by atoms with van der Waals surface area (Å²) in [4.78, 5) is 17.7. The lowest BCUT2D eigenvalue weighted by molar-refractivity contribution is -0.127. The molecule has 0 atom stereocenters. The van der Waals surface area contributed by atoms with Gasteiger partial charge in [-0.3, -0.25) is 4.79 Å². The van der Waals surface area contributed by atoms with Gasteiger partial charge in [-0.15, -0.1) is 0 Å². The molecule has 0 aliphatic heterocycles. The van der Waals surface area contributed by atoms with E-state index in [4.69, 9.17) is 21.6 Å². The summed E-state index contributed by atoms with van der Waals surface area (Å²) in [5, 5.41) is 8.68. The summed E-state index contributed by atoms with van der Waals surface area (Å²) < 4.78 is 6.08. The van der Waals surface area contributed by atoms with Gasteiger partial charge in [-0.1, -0.05) is 36.4 Å². The van der Waals surface area contributed by atoms with Crippen LogP contribution in [0.25, 0.3) is 33.3 Å². The second-order valence-electron chi connectivity index (χ2n) is 11.3. The summed E-state index contributed by atoms with van der Waals surface area (Å²) in [6, 6.07) is 20.0. The molecule has 0 spiro atoms. The third-order valence-electron chi connectivity index (χ3n) is 8.60. The van der Waals surface area contributed by atoms with Crippen molar-refractivity contribution >= 4 is 50.8 Å². The number of amides is 1. The molecule has 4 saturated carbocycles. The van der Waals surface area contributed by atoms with Crippen LogP contribution in [-0.4, -0.2) is 16.0 Å². The minimum absolute atomic E-state index is 0.0384. The standard InChI is InChI=1S/C30H29N3O2S/c34-26(17-30-14-18-10-19(15-30)12-20(11-18)16-30)32-29(36)31-23-6-3-5-22(13-23)28-33-27-24-7-2-1-4-21(24)8-9-25(27)35-28/h1-9,13,18-20H,10-12,14-17H2,(H2,31,32,34,36). The topological polar surface area (TPSA) is 67.2 Å². The van der Waals surface area contributed by atoms with Gasteiger partial charge < -0.3 is 15.1 Å². The van der Waals surface area contributed by atoms with Gasteiger partial charge in [0.25, 0.3) is 0 Å². The van der Waals surface area contributed by atoms with E-state index >= 15 is 0 Å². The second kappa shape index (κ2) is 8.41. The smallest absolute Gasteiger partial charge is 0.227 e.